The monoisotopic (exact) mass is 312 g/mol. The maximum Gasteiger partial charge on any atom is 0.291 e. The Morgan fingerprint density at radius 2 is 1.75 bits per heavy atom. The second-order valence-corrected chi connectivity index (χ2v) is 8.20. The van der Waals surface area contributed by atoms with Crippen LogP contribution in [0.25, 0.3) is 0 Å². The third kappa shape index (κ3) is 3.26. The number of hydrogen-bond donors (Lipinski definition) is 2. The fourth-order valence-corrected chi connectivity index (χ4v) is 3.41. The quantitative estimate of drug-likeness (QED) is 0.905. The number of anilines is 2. The molecule has 0 fully saturated rings. The van der Waals surface area contributed by atoms with Crippen molar-refractivity contribution >= 4 is 32.2 Å². The smallest absolute Gasteiger partial charge is 0.291 e. The molecule has 0 aliphatic carbocycles. The highest BCUT2D eigenvalue weighted by Crippen LogP contribution is 2.25. The van der Waals surface area contributed by atoms with Crippen molar-refractivity contribution in [3.05, 3.63) is 29.8 Å². The van der Waals surface area contributed by atoms with Gasteiger partial charge in [0.05, 0.1) is 0 Å². The molecule has 3 N–H and O–H groups in total. The lowest BCUT2D eigenvalue weighted by Gasteiger charge is -2.19. The molecule has 6 nitrogen and oxygen atoms in total. The molecular formula is C12H16N4O2S2. The van der Waals surface area contributed by atoms with Gasteiger partial charge in [-0.3, -0.25) is 4.72 Å². The number of rotatable bonds is 3. The van der Waals surface area contributed by atoms with Crippen molar-refractivity contribution in [3.63, 3.8) is 0 Å². The number of benzene rings is 1. The van der Waals surface area contributed by atoms with Crippen molar-refractivity contribution in [3.8, 4) is 0 Å². The number of nitrogen functional groups attached to an aromatic ring is 1. The van der Waals surface area contributed by atoms with Crippen LogP contribution < -0.4 is 10.5 Å². The predicted molar refractivity (Wildman–Crippen MR) is 80.3 cm³/mol. The van der Waals surface area contributed by atoms with Gasteiger partial charge in [0.1, 0.15) is 0 Å². The molecule has 20 heavy (non-hydrogen) atoms. The molecule has 0 atom stereocenters. The Balaban J connectivity index is 2.22. The van der Waals surface area contributed by atoms with E-state index in [2.05, 4.69) is 35.7 Å². The van der Waals surface area contributed by atoms with E-state index in [4.69, 9.17) is 5.73 Å². The lowest BCUT2D eigenvalue weighted by atomic mass is 9.87. The molecule has 108 valence electrons. The normalized spacial score (nSPS) is 12.3. The van der Waals surface area contributed by atoms with Crippen LogP contribution in [0.15, 0.2) is 28.6 Å². The van der Waals surface area contributed by atoms with Crippen molar-refractivity contribution in [2.75, 3.05) is 10.5 Å². The maximum absolute atomic E-state index is 12.0. The first-order chi connectivity index (χ1) is 9.18. The molecule has 0 aliphatic heterocycles. The van der Waals surface area contributed by atoms with Crippen molar-refractivity contribution in [2.45, 2.75) is 30.5 Å². The minimum absolute atomic E-state index is 0.0189. The van der Waals surface area contributed by atoms with Gasteiger partial charge < -0.3 is 5.73 Å². The second kappa shape index (κ2) is 5.02. The number of sulfonamides is 1. The Labute approximate surface area is 122 Å². The second-order valence-electron chi connectivity index (χ2n) is 5.34. The largest absolute Gasteiger partial charge is 0.374 e. The first kappa shape index (κ1) is 14.7. The van der Waals surface area contributed by atoms with E-state index in [1.165, 1.54) is 0 Å². The highest BCUT2D eigenvalue weighted by molar-refractivity contribution is 7.94. The van der Waals surface area contributed by atoms with E-state index in [0.29, 0.717) is 5.69 Å². The summed E-state index contributed by atoms with van der Waals surface area (Å²) in [6, 6.07) is 7.24. The zero-order valence-electron chi connectivity index (χ0n) is 11.4. The first-order valence-corrected chi connectivity index (χ1v) is 8.21. The van der Waals surface area contributed by atoms with Crippen LogP contribution in [-0.4, -0.2) is 18.6 Å². The zero-order chi connectivity index (χ0) is 15.0. The molecule has 0 amide bonds. The summed E-state index contributed by atoms with van der Waals surface area (Å²) in [6.45, 7) is 6.28. The van der Waals surface area contributed by atoms with Crippen LogP contribution in [0.1, 0.15) is 26.3 Å². The van der Waals surface area contributed by atoms with Gasteiger partial charge in [0.25, 0.3) is 14.4 Å². The van der Waals surface area contributed by atoms with E-state index in [0.717, 1.165) is 16.9 Å². The third-order valence-electron chi connectivity index (χ3n) is 2.66. The topological polar surface area (TPSA) is 98.0 Å². The minimum atomic E-state index is -3.73. The van der Waals surface area contributed by atoms with E-state index < -0.39 is 10.0 Å². The Hall–Kier alpha value is -1.67. The SMILES string of the molecule is CC(C)(C)c1ccc(NS(=O)(=O)c2nnc(N)s2)cc1. The van der Waals surface area contributed by atoms with Gasteiger partial charge in [-0.25, -0.2) is 0 Å². The van der Waals surface area contributed by atoms with Crippen molar-refractivity contribution in [1.29, 1.82) is 0 Å². The van der Waals surface area contributed by atoms with E-state index in [1.54, 1.807) is 12.1 Å². The molecule has 0 saturated carbocycles. The van der Waals surface area contributed by atoms with Crippen molar-refractivity contribution < 1.29 is 8.42 Å². The van der Waals surface area contributed by atoms with Crippen molar-refractivity contribution in [2.24, 2.45) is 0 Å². The molecule has 2 aromatic rings. The summed E-state index contributed by atoms with van der Waals surface area (Å²) < 4.78 is 26.4. The van der Waals surface area contributed by atoms with Crippen molar-refractivity contribution in [1.82, 2.24) is 10.2 Å². The number of nitrogens with zero attached hydrogens (tertiary/aromatic N) is 2. The van der Waals surface area contributed by atoms with Crippen LogP contribution in [0.2, 0.25) is 0 Å². The maximum atomic E-state index is 12.0. The van der Waals surface area contributed by atoms with Gasteiger partial charge in [-0.1, -0.05) is 44.2 Å². The summed E-state index contributed by atoms with van der Waals surface area (Å²) in [4.78, 5) is 0. The molecule has 0 saturated heterocycles. The molecule has 2 rings (SSSR count). The summed E-state index contributed by atoms with van der Waals surface area (Å²) in [5.74, 6) is 0. The molecule has 0 radical (unpaired) electrons. The number of hydrogen-bond acceptors (Lipinski definition) is 6. The lowest BCUT2D eigenvalue weighted by Crippen LogP contribution is -2.14. The molecule has 8 heteroatoms. The molecule has 0 spiro atoms. The Bertz CT molecular complexity index is 700. The van der Waals surface area contributed by atoms with Gasteiger partial charge in [-0.15, -0.1) is 10.2 Å². The average Bonchev–Trinajstić information content (AvgIpc) is 2.76. The van der Waals surface area contributed by atoms with Gasteiger partial charge >= 0.3 is 0 Å². The third-order valence-corrected chi connectivity index (χ3v) is 5.16. The highest BCUT2D eigenvalue weighted by atomic mass is 32.2. The Morgan fingerprint density at radius 3 is 2.20 bits per heavy atom. The summed E-state index contributed by atoms with van der Waals surface area (Å²) in [5, 5.41) is 7.15. The fraction of sp³-hybridized carbons (Fsp3) is 0.333. The molecule has 0 bridgehead atoms. The number of aromatic nitrogens is 2. The van der Waals surface area contributed by atoms with Gasteiger partial charge in [0.2, 0.25) is 5.13 Å². The first-order valence-electron chi connectivity index (χ1n) is 5.91. The lowest BCUT2D eigenvalue weighted by molar-refractivity contribution is 0.590. The summed E-state index contributed by atoms with van der Waals surface area (Å²) >= 11 is 0.826. The molecule has 1 aromatic heterocycles. The molecular weight excluding hydrogens is 296 g/mol. The van der Waals surface area contributed by atoms with E-state index in [-0.39, 0.29) is 14.9 Å². The van der Waals surface area contributed by atoms with Crippen LogP contribution in [-0.2, 0) is 15.4 Å². The Morgan fingerprint density at radius 1 is 1.15 bits per heavy atom. The summed E-state index contributed by atoms with van der Waals surface area (Å²) in [6.07, 6.45) is 0. The fourth-order valence-electron chi connectivity index (χ4n) is 1.57. The van der Waals surface area contributed by atoms with Crippen LogP contribution in [0.4, 0.5) is 10.8 Å². The molecule has 0 aliphatic rings. The molecule has 1 heterocycles. The minimum Gasteiger partial charge on any atom is -0.374 e. The summed E-state index contributed by atoms with van der Waals surface area (Å²) in [5.41, 5.74) is 7.01. The highest BCUT2D eigenvalue weighted by Gasteiger charge is 2.20. The van der Waals surface area contributed by atoms with Crippen LogP contribution in [0.5, 0.6) is 0 Å². The van der Waals surface area contributed by atoms with Crippen LogP contribution >= 0.6 is 11.3 Å². The van der Waals surface area contributed by atoms with Crippen LogP contribution in [0.3, 0.4) is 0 Å². The summed E-state index contributed by atoms with van der Waals surface area (Å²) in [7, 11) is -3.73. The Kier molecular flexibility index (Phi) is 3.70. The molecule has 0 unspecified atom stereocenters. The van der Waals surface area contributed by atoms with Gasteiger partial charge in [-0.05, 0) is 23.1 Å². The number of nitrogens with one attached hydrogen (secondary N) is 1. The van der Waals surface area contributed by atoms with E-state index in [1.807, 2.05) is 12.1 Å². The predicted octanol–water partition coefficient (Wildman–Crippen LogP) is 2.22. The van der Waals surface area contributed by atoms with E-state index in [9.17, 15) is 8.42 Å². The standard InChI is InChI=1S/C12H16N4O2S2/c1-12(2,3)8-4-6-9(7-5-8)16-20(17,18)11-15-14-10(13)19-11/h4-7,16H,1-3H3,(H2,13,14). The van der Waals surface area contributed by atoms with Gasteiger partial charge in [-0.2, -0.15) is 8.42 Å². The molecule has 1 aromatic carbocycles. The zero-order valence-corrected chi connectivity index (χ0v) is 13.0. The van der Waals surface area contributed by atoms with E-state index >= 15 is 0 Å². The van der Waals surface area contributed by atoms with Gasteiger partial charge in [0, 0.05) is 5.69 Å². The average molecular weight is 312 g/mol. The number of nitrogens with two attached hydrogens (primary N) is 1. The van der Waals surface area contributed by atoms with Crippen LogP contribution in [0, 0.1) is 0 Å². The van der Waals surface area contributed by atoms with Gasteiger partial charge in [0.15, 0.2) is 0 Å².